The van der Waals surface area contributed by atoms with Crippen LogP contribution >= 0.6 is 0 Å². The Morgan fingerprint density at radius 1 is 1.31 bits per heavy atom. The first-order valence-electron chi connectivity index (χ1n) is 5.74. The minimum atomic E-state index is 0.264. The number of rotatable bonds is 7. The summed E-state index contributed by atoms with van der Waals surface area (Å²) >= 11 is 0. The lowest BCUT2D eigenvalue weighted by Gasteiger charge is -2.07. The summed E-state index contributed by atoms with van der Waals surface area (Å²) in [5, 5.41) is 11.8. The lowest BCUT2D eigenvalue weighted by molar-refractivity contribution is 0.283. The molecule has 0 aromatic carbocycles. The van der Waals surface area contributed by atoms with Gasteiger partial charge in [-0.25, -0.2) is 9.97 Å². The molecule has 16 heavy (non-hydrogen) atoms. The molecule has 0 saturated carbocycles. The predicted molar refractivity (Wildman–Crippen MR) is 65.2 cm³/mol. The van der Waals surface area contributed by atoms with Crippen LogP contribution in [-0.2, 0) is 6.42 Å². The lowest BCUT2D eigenvalue weighted by atomic mass is 10.2. The second kappa shape index (κ2) is 7.00. The second-order valence-corrected chi connectivity index (χ2v) is 3.66. The van der Waals surface area contributed by atoms with Crippen LogP contribution in [0, 0.1) is 0 Å². The number of nitrogen functional groups attached to an aromatic ring is 1. The highest BCUT2D eigenvalue weighted by Gasteiger charge is 2.00. The van der Waals surface area contributed by atoms with E-state index in [1.165, 1.54) is 0 Å². The zero-order valence-corrected chi connectivity index (χ0v) is 9.74. The Morgan fingerprint density at radius 3 is 2.81 bits per heavy atom. The Bertz CT molecular complexity index is 317. The van der Waals surface area contributed by atoms with Crippen LogP contribution in [0.2, 0.25) is 0 Å². The predicted octanol–water partition coefficient (Wildman–Crippen LogP) is 1.20. The summed E-state index contributed by atoms with van der Waals surface area (Å²) < 4.78 is 0. The highest BCUT2D eigenvalue weighted by molar-refractivity contribution is 5.44. The monoisotopic (exact) mass is 224 g/mol. The molecule has 0 atom stereocenters. The van der Waals surface area contributed by atoms with Crippen LogP contribution in [0.3, 0.4) is 0 Å². The van der Waals surface area contributed by atoms with Gasteiger partial charge in [0.25, 0.3) is 0 Å². The topological polar surface area (TPSA) is 84.1 Å². The molecule has 5 nitrogen and oxygen atoms in total. The zero-order chi connectivity index (χ0) is 11.8. The van der Waals surface area contributed by atoms with Crippen molar-refractivity contribution in [1.82, 2.24) is 9.97 Å². The van der Waals surface area contributed by atoms with Crippen molar-refractivity contribution in [2.24, 2.45) is 0 Å². The molecule has 1 aromatic heterocycles. The van der Waals surface area contributed by atoms with E-state index in [0.717, 1.165) is 43.9 Å². The number of unbranched alkanes of at least 4 members (excludes halogenated alkanes) is 2. The third-order valence-corrected chi connectivity index (χ3v) is 2.25. The fraction of sp³-hybridized carbons (Fsp3) is 0.636. The minimum Gasteiger partial charge on any atom is -0.396 e. The van der Waals surface area contributed by atoms with Crippen molar-refractivity contribution < 1.29 is 5.11 Å². The Morgan fingerprint density at radius 2 is 2.12 bits per heavy atom. The molecule has 0 bridgehead atoms. The number of aromatic nitrogens is 2. The van der Waals surface area contributed by atoms with Gasteiger partial charge in [0.15, 0.2) is 0 Å². The standard InChI is InChI=1S/C11H20N4O/c1-2-10-14-9(12)8-11(15-10)13-6-4-3-5-7-16/h8,16H,2-7H2,1H3,(H3,12,13,14,15). The van der Waals surface area contributed by atoms with Gasteiger partial charge in [-0.05, 0) is 19.3 Å². The quantitative estimate of drug-likeness (QED) is 0.606. The third-order valence-electron chi connectivity index (χ3n) is 2.25. The molecule has 0 aliphatic carbocycles. The maximum absolute atomic E-state index is 8.63. The van der Waals surface area contributed by atoms with Gasteiger partial charge >= 0.3 is 0 Å². The van der Waals surface area contributed by atoms with E-state index in [4.69, 9.17) is 10.8 Å². The highest BCUT2D eigenvalue weighted by atomic mass is 16.2. The van der Waals surface area contributed by atoms with E-state index in [9.17, 15) is 0 Å². The van der Waals surface area contributed by atoms with Crippen molar-refractivity contribution in [2.45, 2.75) is 32.6 Å². The summed E-state index contributed by atoms with van der Waals surface area (Å²) in [4.78, 5) is 8.42. The van der Waals surface area contributed by atoms with Crippen molar-refractivity contribution in [3.05, 3.63) is 11.9 Å². The summed E-state index contributed by atoms with van der Waals surface area (Å²) in [5.74, 6) is 2.05. The second-order valence-electron chi connectivity index (χ2n) is 3.66. The van der Waals surface area contributed by atoms with Gasteiger partial charge in [-0.15, -0.1) is 0 Å². The maximum Gasteiger partial charge on any atom is 0.132 e. The molecule has 1 heterocycles. The molecule has 4 N–H and O–H groups in total. The van der Waals surface area contributed by atoms with E-state index >= 15 is 0 Å². The number of anilines is 2. The average Bonchev–Trinajstić information content (AvgIpc) is 2.28. The average molecular weight is 224 g/mol. The fourth-order valence-electron chi connectivity index (χ4n) is 1.40. The molecule has 0 aliphatic heterocycles. The van der Waals surface area contributed by atoms with E-state index in [0.29, 0.717) is 5.82 Å². The van der Waals surface area contributed by atoms with Crippen LogP contribution < -0.4 is 11.1 Å². The fourth-order valence-corrected chi connectivity index (χ4v) is 1.40. The number of aliphatic hydroxyl groups excluding tert-OH is 1. The first-order valence-corrected chi connectivity index (χ1v) is 5.74. The van der Waals surface area contributed by atoms with Gasteiger partial charge < -0.3 is 16.2 Å². The van der Waals surface area contributed by atoms with Crippen LogP contribution in [0.4, 0.5) is 11.6 Å². The smallest absolute Gasteiger partial charge is 0.132 e. The summed E-state index contributed by atoms with van der Waals surface area (Å²) in [6.07, 6.45) is 3.68. The van der Waals surface area contributed by atoms with E-state index in [2.05, 4.69) is 15.3 Å². The van der Waals surface area contributed by atoms with Gasteiger partial charge in [-0.2, -0.15) is 0 Å². The zero-order valence-electron chi connectivity index (χ0n) is 9.74. The van der Waals surface area contributed by atoms with Gasteiger partial charge in [0, 0.05) is 25.6 Å². The SMILES string of the molecule is CCc1nc(N)cc(NCCCCCO)n1. The molecule has 0 radical (unpaired) electrons. The normalized spacial score (nSPS) is 10.4. The molecule has 90 valence electrons. The summed E-state index contributed by atoms with van der Waals surface area (Å²) in [5.41, 5.74) is 5.66. The Kier molecular flexibility index (Phi) is 5.56. The van der Waals surface area contributed by atoms with Crippen LogP contribution in [0.25, 0.3) is 0 Å². The summed E-state index contributed by atoms with van der Waals surface area (Å²) in [6.45, 7) is 3.11. The lowest BCUT2D eigenvalue weighted by Crippen LogP contribution is -2.07. The molecular weight excluding hydrogens is 204 g/mol. The van der Waals surface area contributed by atoms with Gasteiger partial charge in [0.1, 0.15) is 17.5 Å². The summed E-state index contributed by atoms with van der Waals surface area (Å²) in [6, 6.07) is 1.74. The van der Waals surface area contributed by atoms with Gasteiger partial charge in [-0.1, -0.05) is 6.92 Å². The first-order chi connectivity index (χ1) is 7.76. The number of nitrogens with zero attached hydrogens (tertiary/aromatic N) is 2. The van der Waals surface area contributed by atoms with Crippen molar-refractivity contribution >= 4 is 11.6 Å². The van der Waals surface area contributed by atoms with Crippen molar-refractivity contribution in [2.75, 3.05) is 24.2 Å². The van der Waals surface area contributed by atoms with E-state index < -0.39 is 0 Å². The minimum absolute atomic E-state index is 0.264. The highest BCUT2D eigenvalue weighted by Crippen LogP contribution is 2.09. The van der Waals surface area contributed by atoms with Gasteiger partial charge in [0.05, 0.1) is 0 Å². The van der Waals surface area contributed by atoms with E-state index in [-0.39, 0.29) is 6.61 Å². The maximum atomic E-state index is 8.63. The van der Waals surface area contributed by atoms with Crippen LogP contribution in [0.5, 0.6) is 0 Å². The number of hydrogen-bond donors (Lipinski definition) is 3. The summed E-state index contributed by atoms with van der Waals surface area (Å²) in [7, 11) is 0. The molecule has 5 heteroatoms. The van der Waals surface area contributed by atoms with Crippen LogP contribution in [0.15, 0.2) is 6.07 Å². The largest absolute Gasteiger partial charge is 0.396 e. The van der Waals surface area contributed by atoms with Crippen LogP contribution in [0.1, 0.15) is 32.0 Å². The van der Waals surface area contributed by atoms with E-state index in [1.54, 1.807) is 6.07 Å². The van der Waals surface area contributed by atoms with Crippen LogP contribution in [-0.4, -0.2) is 28.2 Å². The molecule has 1 rings (SSSR count). The molecule has 0 aliphatic rings. The Labute approximate surface area is 96.1 Å². The van der Waals surface area contributed by atoms with Gasteiger partial charge in [-0.3, -0.25) is 0 Å². The van der Waals surface area contributed by atoms with Crippen molar-refractivity contribution in [1.29, 1.82) is 0 Å². The van der Waals surface area contributed by atoms with E-state index in [1.807, 2.05) is 6.92 Å². The van der Waals surface area contributed by atoms with Crippen molar-refractivity contribution in [3.63, 3.8) is 0 Å². The number of aryl methyl sites for hydroxylation is 1. The molecule has 0 spiro atoms. The molecule has 0 unspecified atom stereocenters. The molecule has 0 fully saturated rings. The van der Waals surface area contributed by atoms with Crippen molar-refractivity contribution in [3.8, 4) is 0 Å². The molecular formula is C11H20N4O. The molecule has 0 saturated heterocycles. The van der Waals surface area contributed by atoms with Gasteiger partial charge in [0.2, 0.25) is 0 Å². The molecule has 1 aromatic rings. The number of nitrogens with two attached hydrogens (primary N) is 1. The number of hydrogen-bond acceptors (Lipinski definition) is 5. The third kappa shape index (κ3) is 4.44. The first kappa shape index (κ1) is 12.7. The number of nitrogens with one attached hydrogen (secondary N) is 1. The Balaban J connectivity index is 2.38. The Hall–Kier alpha value is -1.36. The number of aliphatic hydroxyl groups is 1. The molecule has 0 amide bonds.